The van der Waals surface area contributed by atoms with E-state index in [4.69, 9.17) is 16.3 Å². The van der Waals surface area contributed by atoms with Crippen molar-refractivity contribution in [2.45, 2.75) is 0 Å². The van der Waals surface area contributed by atoms with Crippen LogP contribution in [-0.2, 0) is 14.3 Å². The number of carbonyl (C=O) groups excluding carboxylic acids is 2. The standard InChI is InChI=1S/C24H18ClN3O3S/c1-27-17-8-4-5-9-18(17)28(2)24(27)16(13-26)19(29)14-31-22(30)12-11-21-23(25)15-7-3-6-10-20(15)32-21/h3-12H,14H2,1-2H3/b12-11+. The van der Waals surface area contributed by atoms with E-state index in [2.05, 4.69) is 0 Å². The van der Waals surface area contributed by atoms with Crippen LogP contribution in [0, 0.1) is 11.3 Å². The zero-order valence-corrected chi connectivity index (χ0v) is 18.9. The zero-order chi connectivity index (χ0) is 22.8. The summed E-state index contributed by atoms with van der Waals surface area (Å²) in [6.07, 6.45) is 2.80. The van der Waals surface area contributed by atoms with Gasteiger partial charge in [0.1, 0.15) is 17.5 Å². The van der Waals surface area contributed by atoms with Crippen LogP contribution in [0.3, 0.4) is 0 Å². The lowest BCUT2D eigenvalue weighted by Crippen LogP contribution is -2.27. The number of Topliss-reactive ketones (excluding diaryl/α,β-unsaturated/α-hetero) is 1. The van der Waals surface area contributed by atoms with E-state index in [0.717, 1.165) is 26.3 Å². The Bertz CT molecular complexity index is 1300. The van der Waals surface area contributed by atoms with E-state index in [1.54, 1.807) is 30.0 Å². The highest BCUT2D eigenvalue weighted by atomic mass is 35.5. The minimum absolute atomic E-state index is 0.0736. The van der Waals surface area contributed by atoms with Crippen molar-refractivity contribution in [1.82, 2.24) is 0 Å². The van der Waals surface area contributed by atoms with Gasteiger partial charge in [-0.1, -0.05) is 41.9 Å². The molecule has 1 aliphatic heterocycles. The first-order valence-corrected chi connectivity index (χ1v) is 10.9. The number of hydrogen-bond donors (Lipinski definition) is 0. The van der Waals surface area contributed by atoms with E-state index in [1.165, 1.54) is 17.4 Å². The van der Waals surface area contributed by atoms with Gasteiger partial charge >= 0.3 is 5.97 Å². The summed E-state index contributed by atoms with van der Waals surface area (Å²) < 4.78 is 6.10. The molecule has 0 aliphatic carbocycles. The molecule has 0 unspecified atom stereocenters. The van der Waals surface area contributed by atoms with Crippen LogP contribution in [0.1, 0.15) is 4.88 Å². The van der Waals surface area contributed by atoms with E-state index in [9.17, 15) is 14.9 Å². The third kappa shape index (κ3) is 3.86. The molecule has 0 atom stereocenters. The molecule has 2 heterocycles. The molecule has 3 aromatic rings. The summed E-state index contributed by atoms with van der Waals surface area (Å²) in [6, 6.07) is 17.2. The van der Waals surface area contributed by atoms with Crippen LogP contribution in [-0.4, -0.2) is 32.5 Å². The van der Waals surface area contributed by atoms with Crippen LogP contribution in [0.2, 0.25) is 5.02 Å². The zero-order valence-electron chi connectivity index (χ0n) is 17.3. The summed E-state index contributed by atoms with van der Waals surface area (Å²) in [5, 5.41) is 11.1. The molecule has 0 bridgehead atoms. The number of ether oxygens (including phenoxy) is 1. The number of halogens is 1. The SMILES string of the molecule is CN1C(=C(C#N)C(=O)COC(=O)/C=C/c2sc3ccccc3c2Cl)N(C)c2ccccc21. The highest BCUT2D eigenvalue weighted by Gasteiger charge is 2.31. The van der Waals surface area contributed by atoms with Gasteiger partial charge in [0.2, 0.25) is 5.78 Å². The quantitative estimate of drug-likeness (QED) is 0.301. The minimum atomic E-state index is -0.689. The van der Waals surface area contributed by atoms with E-state index >= 15 is 0 Å². The van der Waals surface area contributed by atoms with Crippen molar-refractivity contribution in [2.24, 2.45) is 0 Å². The van der Waals surface area contributed by atoms with Crippen molar-refractivity contribution in [3.8, 4) is 6.07 Å². The van der Waals surface area contributed by atoms with Gasteiger partial charge in [-0.3, -0.25) is 4.79 Å². The van der Waals surface area contributed by atoms with Gasteiger partial charge in [0, 0.05) is 35.1 Å². The number of carbonyl (C=O) groups is 2. The predicted octanol–water partition coefficient (Wildman–Crippen LogP) is 5.00. The van der Waals surface area contributed by atoms with Gasteiger partial charge in [-0.05, 0) is 24.3 Å². The molecule has 160 valence electrons. The molecule has 2 aromatic carbocycles. The molecule has 32 heavy (non-hydrogen) atoms. The van der Waals surface area contributed by atoms with E-state index < -0.39 is 18.4 Å². The molecule has 0 spiro atoms. The smallest absolute Gasteiger partial charge is 0.331 e. The number of anilines is 2. The second-order valence-corrected chi connectivity index (χ2v) is 8.52. The molecule has 0 saturated heterocycles. The molecule has 6 nitrogen and oxygen atoms in total. The first-order valence-electron chi connectivity index (χ1n) is 9.68. The van der Waals surface area contributed by atoms with Crippen LogP contribution in [0.25, 0.3) is 16.2 Å². The fraction of sp³-hybridized carbons (Fsp3) is 0.125. The number of para-hydroxylation sites is 2. The second-order valence-electron chi connectivity index (χ2n) is 7.06. The Morgan fingerprint density at radius 1 is 1.09 bits per heavy atom. The lowest BCUT2D eigenvalue weighted by Gasteiger charge is -2.19. The maximum atomic E-state index is 12.7. The lowest BCUT2D eigenvalue weighted by molar-refractivity contribution is -0.141. The molecule has 0 fully saturated rings. The summed E-state index contributed by atoms with van der Waals surface area (Å²) in [5.41, 5.74) is 1.69. The van der Waals surface area contributed by atoms with Gasteiger partial charge in [0.05, 0.1) is 16.4 Å². The number of thiophene rings is 1. The van der Waals surface area contributed by atoms with E-state index in [-0.39, 0.29) is 5.57 Å². The largest absolute Gasteiger partial charge is 0.454 e. The molecule has 4 rings (SSSR count). The van der Waals surface area contributed by atoms with Crippen molar-refractivity contribution in [3.05, 3.63) is 75.9 Å². The van der Waals surface area contributed by atoms with Gasteiger partial charge in [-0.25, -0.2) is 4.79 Å². The molecule has 0 radical (unpaired) electrons. The van der Waals surface area contributed by atoms with Crippen LogP contribution < -0.4 is 9.80 Å². The average molecular weight is 464 g/mol. The van der Waals surface area contributed by atoms with Crippen LogP contribution >= 0.6 is 22.9 Å². The number of esters is 1. The van der Waals surface area contributed by atoms with E-state index in [1.807, 2.05) is 54.6 Å². The molecule has 0 amide bonds. The number of ketones is 1. The first kappa shape index (κ1) is 21.6. The van der Waals surface area contributed by atoms with Crippen molar-refractivity contribution in [2.75, 3.05) is 30.5 Å². The predicted molar refractivity (Wildman–Crippen MR) is 128 cm³/mol. The lowest BCUT2D eigenvalue weighted by atomic mass is 10.2. The normalized spacial score (nSPS) is 12.9. The van der Waals surface area contributed by atoms with Crippen molar-refractivity contribution in [3.63, 3.8) is 0 Å². The Balaban J connectivity index is 1.46. The summed E-state index contributed by atoms with van der Waals surface area (Å²) in [6.45, 7) is -0.534. The maximum Gasteiger partial charge on any atom is 0.331 e. The Hall–Kier alpha value is -3.60. The molecular weight excluding hydrogens is 446 g/mol. The number of nitriles is 1. The van der Waals surface area contributed by atoms with Gasteiger partial charge in [0.15, 0.2) is 6.61 Å². The van der Waals surface area contributed by atoms with Crippen LogP contribution in [0.5, 0.6) is 0 Å². The highest BCUT2D eigenvalue weighted by Crippen LogP contribution is 2.40. The summed E-state index contributed by atoms with van der Waals surface area (Å²) in [7, 11) is 3.57. The number of rotatable bonds is 5. The van der Waals surface area contributed by atoms with Crippen molar-refractivity contribution in [1.29, 1.82) is 5.26 Å². The Morgan fingerprint density at radius 2 is 1.72 bits per heavy atom. The van der Waals surface area contributed by atoms with Crippen molar-refractivity contribution < 1.29 is 14.3 Å². The molecule has 1 aliphatic rings. The molecule has 1 aromatic heterocycles. The fourth-order valence-corrected chi connectivity index (χ4v) is 5.00. The summed E-state index contributed by atoms with van der Waals surface area (Å²) in [4.78, 5) is 29.1. The third-order valence-corrected chi connectivity index (χ3v) is 6.79. The topological polar surface area (TPSA) is 73.6 Å². The fourth-order valence-electron chi connectivity index (χ4n) is 3.60. The first-order chi connectivity index (χ1) is 15.4. The Labute approximate surface area is 194 Å². The second kappa shape index (κ2) is 8.87. The van der Waals surface area contributed by atoms with Gasteiger partial charge < -0.3 is 14.5 Å². The number of nitrogens with zero attached hydrogens (tertiary/aromatic N) is 3. The van der Waals surface area contributed by atoms with E-state index in [0.29, 0.717) is 10.8 Å². The monoisotopic (exact) mass is 463 g/mol. The molecule has 0 saturated carbocycles. The Kier molecular flexibility index (Phi) is 5.99. The van der Waals surface area contributed by atoms with Gasteiger partial charge in [0.25, 0.3) is 0 Å². The number of benzene rings is 2. The third-order valence-electron chi connectivity index (χ3n) is 5.13. The van der Waals surface area contributed by atoms with Gasteiger partial charge in [-0.15, -0.1) is 11.3 Å². The minimum Gasteiger partial charge on any atom is -0.454 e. The Morgan fingerprint density at radius 3 is 2.34 bits per heavy atom. The maximum absolute atomic E-state index is 12.7. The molecular formula is C24H18ClN3O3S. The molecule has 0 N–H and O–H groups in total. The molecule has 8 heteroatoms. The number of fused-ring (bicyclic) bond motifs is 2. The van der Waals surface area contributed by atoms with Gasteiger partial charge in [-0.2, -0.15) is 5.26 Å². The van der Waals surface area contributed by atoms with Crippen molar-refractivity contribution >= 4 is 62.2 Å². The highest BCUT2D eigenvalue weighted by molar-refractivity contribution is 7.20. The number of hydrogen-bond acceptors (Lipinski definition) is 7. The average Bonchev–Trinajstić information content (AvgIpc) is 3.26. The summed E-state index contributed by atoms with van der Waals surface area (Å²) in [5.74, 6) is -0.816. The summed E-state index contributed by atoms with van der Waals surface area (Å²) >= 11 is 7.82. The van der Waals surface area contributed by atoms with Crippen LogP contribution in [0.4, 0.5) is 11.4 Å². The van der Waals surface area contributed by atoms with Crippen LogP contribution in [0.15, 0.2) is 66.0 Å².